The second-order valence-corrected chi connectivity index (χ2v) is 4.84. The van der Waals surface area contributed by atoms with Crippen molar-refractivity contribution in [1.29, 1.82) is 0 Å². The van der Waals surface area contributed by atoms with Crippen molar-refractivity contribution in [1.82, 2.24) is 4.98 Å². The quantitative estimate of drug-likeness (QED) is 0.708. The van der Waals surface area contributed by atoms with Crippen molar-refractivity contribution >= 4 is 28.4 Å². The van der Waals surface area contributed by atoms with E-state index in [2.05, 4.69) is 11.9 Å². The molecule has 2 N–H and O–H groups in total. The van der Waals surface area contributed by atoms with Crippen molar-refractivity contribution in [2.75, 3.05) is 5.73 Å². The van der Waals surface area contributed by atoms with Gasteiger partial charge >= 0.3 is 0 Å². The Morgan fingerprint density at radius 2 is 2.05 bits per heavy atom. The highest BCUT2D eigenvalue weighted by Gasteiger charge is 2.11. The molecule has 2 aromatic carbocycles. The highest BCUT2D eigenvalue weighted by Crippen LogP contribution is 2.30. The summed E-state index contributed by atoms with van der Waals surface area (Å²) in [5, 5.41) is 0.602. The number of fused-ring (bicyclic) bond motifs is 1. The van der Waals surface area contributed by atoms with Gasteiger partial charge in [0.1, 0.15) is 5.52 Å². The highest BCUT2D eigenvalue weighted by atomic mass is 35.5. The van der Waals surface area contributed by atoms with Crippen molar-refractivity contribution < 1.29 is 4.42 Å². The Balaban J connectivity index is 2.14. The summed E-state index contributed by atoms with van der Waals surface area (Å²) in [6, 6.07) is 11.3. The van der Waals surface area contributed by atoms with E-state index in [0.717, 1.165) is 23.1 Å². The number of aromatic nitrogens is 1. The lowest BCUT2D eigenvalue weighted by Gasteiger charge is -2.00. The molecule has 0 unspecified atom stereocenters. The molecule has 1 aromatic heterocycles. The van der Waals surface area contributed by atoms with Gasteiger partial charge in [-0.2, -0.15) is 0 Å². The topological polar surface area (TPSA) is 52.0 Å². The van der Waals surface area contributed by atoms with Gasteiger partial charge in [0, 0.05) is 10.7 Å². The summed E-state index contributed by atoms with van der Waals surface area (Å²) < 4.78 is 5.74. The van der Waals surface area contributed by atoms with Crippen molar-refractivity contribution in [2.45, 2.75) is 13.3 Å². The number of aryl methyl sites for hydroxylation is 1. The number of nitrogen functional groups attached to an aromatic ring is 1. The zero-order chi connectivity index (χ0) is 13.4. The van der Waals surface area contributed by atoms with Gasteiger partial charge in [0.05, 0.1) is 5.56 Å². The summed E-state index contributed by atoms with van der Waals surface area (Å²) in [6.45, 7) is 2.11. The smallest absolute Gasteiger partial charge is 0.229 e. The molecule has 0 atom stereocenters. The largest absolute Gasteiger partial charge is 0.436 e. The fraction of sp³-hybridized carbons (Fsp3) is 0.133. The first-order valence-corrected chi connectivity index (χ1v) is 6.50. The van der Waals surface area contributed by atoms with Gasteiger partial charge in [-0.1, -0.05) is 24.6 Å². The fourth-order valence-corrected chi connectivity index (χ4v) is 2.22. The predicted octanol–water partition coefficient (Wildman–Crippen LogP) is 4.29. The number of hydrogen-bond acceptors (Lipinski definition) is 3. The molecule has 96 valence electrons. The van der Waals surface area contributed by atoms with E-state index >= 15 is 0 Å². The minimum absolute atomic E-state index is 0.525. The lowest BCUT2D eigenvalue weighted by Crippen LogP contribution is -1.89. The molecule has 0 amide bonds. The minimum Gasteiger partial charge on any atom is -0.436 e. The molecule has 0 saturated carbocycles. The maximum atomic E-state index is 5.95. The van der Waals surface area contributed by atoms with E-state index in [4.69, 9.17) is 21.8 Å². The molecule has 0 aliphatic carbocycles. The first kappa shape index (κ1) is 12.1. The zero-order valence-corrected chi connectivity index (χ0v) is 11.2. The summed E-state index contributed by atoms with van der Waals surface area (Å²) in [7, 11) is 0. The molecule has 4 heteroatoms. The van der Waals surface area contributed by atoms with Gasteiger partial charge in [0.15, 0.2) is 5.58 Å². The number of benzene rings is 2. The normalized spacial score (nSPS) is 11.1. The highest BCUT2D eigenvalue weighted by molar-refractivity contribution is 6.31. The molecule has 0 spiro atoms. The summed E-state index contributed by atoms with van der Waals surface area (Å²) in [6.07, 6.45) is 0.973. The second-order valence-electron chi connectivity index (χ2n) is 4.41. The SMILES string of the molecule is CCc1ccc2oc(-c3ccc(Cl)cc3N)nc2c1. The molecule has 0 fully saturated rings. The lowest BCUT2D eigenvalue weighted by atomic mass is 10.1. The number of rotatable bonds is 2. The Labute approximate surface area is 116 Å². The van der Waals surface area contributed by atoms with E-state index in [9.17, 15) is 0 Å². The molecular weight excluding hydrogens is 260 g/mol. The van der Waals surface area contributed by atoms with Crippen molar-refractivity contribution in [3.63, 3.8) is 0 Å². The van der Waals surface area contributed by atoms with Crippen LogP contribution in [0.1, 0.15) is 12.5 Å². The van der Waals surface area contributed by atoms with Crippen LogP contribution in [0.2, 0.25) is 5.02 Å². The van der Waals surface area contributed by atoms with E-state index in [1.165, 1.54) is 5.56 Å². The van der Waals surface area contributed by atoms with Gasteiger partial charge in [0.2, 0.25) is 5.89 Å². The monoisotopic (exact) mass is 272 g/mol. The maximum absolute atomic E-state index is 5.95. The summed E-state index contributed by atoms with van der Waals surface area (Å²) in [4.78, 5) is 4.49. The van der Waals surface area contributed by atoms with E-state index in [1.807, 2.05) is 24.3 Å². The first-order chi connectivity index (χ1) is 9.17. The van der Waals surface area contributed by atoms with Crippen LogP contribution >= 0.6 is 11.6 Å². The molecule has 1 heterocycles. The van der Waals surface area contributed by atoms with Gasteiger partial charge in [-0.05, 0) is 42.3 Å². The number of nitrogens with zero attached hydrogens (tertiary/aromatic N) is 1. The minimum atomic E-state index is 0.525. The Morgan fingerprint density at radius 1 is 1.21 bits per heavy atom. The molecule has 3 aromatic rings. The predicted molar refractivity (Wildman–Crippen MR) is 78.2 cm³/mol. The number of anilines is 1. The van der Waals surface area contributed by atoms with Crippen LogP contribution in [0.3, 0.4) is 0 Å². The summed E-state index contributed by atoms with van der Waals surface area (Å²) in [5.41, 5.74) is 10.1. The Kier molecular flexibility index (Phi) is 2.91. The van der Waals surface area contributed by atoms with Crippen LogP contribution < -0.4 is 5.73 Å². The average Bonchev–Trinajstić information content (AvgIpc) is 2.80. The molecule has 0 aliphatic heterocycles. The molecular formula is C15H13ClN2O. The third-order valence-electron chi connectivity index (χ3n) is 3.10. The standard InChI is InChI=1S/C15H13ClN2O/c1-2-9-3-6-14-13(7-9)18-15(19-14)11-5-4-10(16)8-12(11)17/h3-8H,2,17H2,1H3. The van der Waals surface area contributed by atoms with Crippen LogP contribution in [0.15, 0.2) is 40.8 Å². The third kappa shape index (κ3) is 2.17. The Morgan fingerprint density at radius 3 is 2.79 bits per heavy atom. The van der Waals surface area contributed by atoms with Crippen LogP contribution in [0.25, 0.3) is 22.6 Å². The maximum Gasteiger partial charge on any atom is 0.229 e. The molecule has 0 radical (unpaired) electrons. The molecule has 0 saturated heterocycles. The van der Waals surface area contributed by atoms with Gasteiger partial charge < -0.3 is 10.2 Å². The van der Waals surface area contributed by atoms with Gasteiger partial charge in [-0.3, -0.25) is 0 Å². The van der Waals surface area contributed by atoms with Crippen molar-refractivity contribution in [2.24, 2.45) is 0 Å². The Hall–Kier alpha value is -2.00. The molecule has 3 nitrogen and oxygen atoms in total. The third-order valence-corrected chi connectivity index (χ3v) is 3.34. The van der Waals surface area contributed by atoms with Crippen LogP contribution in [-0.4, -0.2) is 4.98 Å². The summed E-state index contributed by atoms with van der Waals surface area (Å²) in [5.74, 6) is 0.525. The first-order valence-electron chi connectivity index (χ1n) is 6.12. The van der Waals surface area contributed by atoms with E-state index in [0.29, 0.717) is 16.6 Å². The number of nitrogens with two attached hydrogens (primary N) is 1. The van der Waals surface area contributed by atoms with Crippen LogP contribution in [0.5, 0.6) is 0 Å². The van der Waals surface area contributed by atoms with Gasteiger partial charge in [0.25, 0.3) is 0 Å². The fourth-order valence-electron chi connectivity index (χ4n) is 2.04. The van der Waals surface area contributed by atoms with E-state index in [-0.39, 0.29) is 0 Å². The van der Waals surface area contributed by atoms with Gasteiger partial charge in [-0.25, -0.2) is 4.98 Å². The lowest BCUT2D eigenvalue weighted by molar-refractivity contribution is 0.620. The summed E-state index contributed by atoms with van der Waals surface area (Å²) >= 11 is 5.89. The number of oxazole rings is 1. The second kappa shape index (κ2) is 4.59. The van der Waals surface area contributed by atoms with Gasteiger partial charge in [-0.15, -0.1) is 0 Å². The molecule has 19 heavy (non-hydrogen) atoms. The van der Waals surface area contributed by atoms with Crippen LogP contribution in [0, 0.1) is 0 Å². The van der Waals surface area contributed by atoms with Crippen LogP contribution in [0.4, 0.5) is 5.69 Å². The van der Waals surface area contributed by atoms with Crippen molar-refractivity contribution in [3.8, 4) is 11.5 Å². The molecule has 3 rings (SSSR count). The van der Waals surface area contributed by atoms with Crippen molar-refractivity contribution in [3.05, 3.63) is 47.0 Å². The van der Waals surface area contributed by atoms with E-state index < -0.39 is 0 Å². The number of halogens is 1. The van der Waals surface area contributed by atoms with E-state index in [1.54, 1.807) is 12.1 Å². The molecule has 0 bridgehead atoms. The zero-order valence-electron chi connectivity index (χ0n) is 10.5. The number of hydrogen-bond donors (Lipinski definition) is 1. The van der Waals surface area contributed by atoms with Crippen LogP contribution in [-0.2, 0) is 6.42 Å². The average molecular weight is 273 g/mol. The Bertz CT molecular complexity index is 749. The molecule has 0 aliphatic rings.